The van der Waals surface area contributed by atoms with E-state index in [0.717, 1.165) is 10.6 Å². The zero-order valence-electron chi connectivity index (χ0n) is 10.2. The summed E-state index contributed by atoms with van der Waals surface area (Å²) in [6, 6.07) is 9.76. The lowest BCUT2D eigenvalue weighted by molar-refractivity contribution is -0.117. The minimum atomic E-state index is -0.0172. The van der Waals surface area contributed by atoms with Crippen LogP contribution in [0.2, 0.25) is 0 Å². The van der Waals surface area contributed by atoms with Crippen molar-refractivity contribution in [3.63, 3.8) is 0 Å². The number of anilines is 1. The minimum absolute atomic E-state index is 0.00354. The molecule has 1 atom stereocenters. The van der Waals surface area contributed by atoms with Crippen molar-refractivity contribution in [1.29, 1.82) is 0 Å². The number of aliphatic hydroxyl groups is 1. The SMILES string of the molecule is O=C1CC(CO)CN1c1nsc(-c2ccccc2)n1. The van der Waals surface area contributed by atoms with Gasteiger partial charge in [0.2, 0.25) is 11.9 Å². The number of hydrogen-bond donors (Lipinski definition) is 1. The summed E-state index contributed by atoms with van der Waals surface area (Å²) in [5.74, 6) is 0.428. The molecule has 2 heterocycles. The summed E-state index contributed by atoms with van der Waals surface area (Å²) in [5, 5.41) is 9.92. The number of nitrogens with zero attached hydrogens (tertiary/aromatic N) is 3. The Morgan fingerprint density at radius 2 is 2.16 bits per heavy atom. The van der Waals surface area contributed by atoms with Gasteiger partial charge in [-0.25, -0.2) is 0 Å². The molecule has 1 aliphatic rings. The van der Waals surface area contributed by atoms with Gasteiger partial charge in [0.1, 0.15) is 5.01 Å². The summed E-state index contributed by atoms with van der Waals surface area (Å²) in [4.78, 5) is 17.8. The Kier molecular flexibility index (Phi) is 3.27. The van der Waals surface area contributed by atoms with Crippen molar-refractivity contribution in [1.82, 2.24) is 9.36 Å². The molecular formula is C13H13N3O2S. The van der Waals surface area contributed by atoms with E-state index in [1.165, 1.54) is 11.5 Å². The second-order valence-corrected chi connectivity index (χ2v) is 5.27. The summed E-state index contributed by atoms with van der Waals surface area (Å²) in [6.07, 6.45) is 0.371. The molecule has 0 aliphatic carbocycles. The van der Waals surface area contributed by atoms with Crippen LogP contribution in [0, 0.1) is 5.92 Å². The van der Waals surface area contributed by atoms with Crippen LogP contribution >= 0.6 is 11.5 Å². The first-order valence-electron chi connectivity index (χ1n) is 6.08. The average Bonchev–Trinajstić information content (AvgIpc) is 3.06. The van der Waals surface area contributed by atoms with Crippen LogP contribution in [0.1, 0.15) is 6.42 Å². The number of aliphatic hydroxyl groups excluding tert-OH is 1. The van der Waals surface area contributed by atoms with Gasteiger partial charge in [-0.15, -0.1) is 0 Å². The summed E-state index contributed by atoms with van der Waals surface area (Å²) >= 11 is 1.28. The number of carbonyl (C=O) groups is 1. The molecule has 0 saturated carbocycles. The Morgan fingerprint density at radius 1 is 1.37 bits per heavy atom. The summed E-state index contributed by atoms with van der Waals surface area (Å²) in [6.45, 7) is 0.526. The molecule has 19 heavy (non-hydrogen) atoms. The van der Waals surface area contributed by atoms with E-state index in [9.17, 15) is 4.79 Å². The number of aromatic nitrogens is 2. The Labute approximate surface area is 114 Å². The molecule has 1 aromatic carbocycles. The Morgan fingerprint density at radius 3 is 2.84 bits per heavy atom. The van der Waals surface area contributed by atoms with Crippen LogP contribution in [0.4, 0.5) is 5.95 Å². The number of rotatable bonds is 3. The van der Waals surface area contributed by atoms with E-state index in [2.05, 4.69) is 9.36 Å². The van der Waals surface area contributed by atoms with Crippen molar-refractivity contribution in [3.8, 4) is 10.6 Å². The topological polar surface area (TPSA) is 66.3 Å². The molecule has 0 spiro atoms. The van der Waals surface area contributed by atoms with Gasteiger partial charge in [0.15, 0.2) is 0 Å². The molecule has 1 aromatic heterocycles. The minimum Gasteiger partial charge on any atom is -0.396 e. The van der Waals surface area contributed by atoms with Gasteiger partial charge < -0.3 is 5.11 Å². The lowest BCUT2D eigenvalue weighted by Crippen LogP contribution is -2.25. The van der Waals surface area contributed by atoms with Crippen LogP contribution in [0.15, 0.2) is 30.3 Å². The first-order valence-corrected chi connectivity index (χ1v) is 6.85. The van der Waals surface area contributed by atoms with Gasteiger partial charge >= 0.3 is 0 Å². The van der Waals surface area contributed by atoms with E-state index in [1.54, 1.807) is 4.90 Å². The van der Waals surface area contributed by atoms with Gasteiger partial charge in [-0.1, -0.05) is 30.3 Å². The van der Waals surface area contributed by atoms with Crippen molar-refractivity contribution in [2.45, 2.75) is 6.42 Å². The van der Waals surface area contributed by atoms with E-state index in [-0.39, 0.29) is 18.4 Å². The standard InChI is InChI=1S/C13H13N3O2S/c17-8-9-6-11(18)16(7-9)13-14-12(19-15-13)10-4-2-1-3-5-10/h1-5,9,17H,6-8H2. The summed E-state index contributed by atoms with van der Waals surface area (Å²) in [7, 11) is 0. The van der Waals surface area contributed by atoms with Crippen molar-refractivity contribution in [3.05, 3.63) is 30.3 Å². The molecule has 1 unspecified atom stereocenters. The molecule has 1 aliphatic heterocycles. The molecule has 1 saturated heterocycles. The van der Waals surface area contributed by atoms with Gasteiger partial charge in [-0.05, 0) is 11.5 Å². The summed E-state index contributed by atoms with van der Waals surface area (Å²) < 4.78 is 4.25. The fourth-order valence-electron chi connectivity index (χ4n) is 2.12. The first-order chi connectivity index (χ1) is 9.28. The maximum absolute atomic E-state index is 11.8. The van der Waals surface area contributed by atoms with Crippen LogP contribution in [0.25, 0.3) is 10.6 Å². The van der Waals surface area contributed by atoms with Crippen LogP contribution in [-0.4, -0.2) is 33.5 Å². The first kappa shape index (κ1) is 12.3. The lowest BCUT2D eigenvalue weighted by Gasteiger charge is -2.10. The van der Waals surface area contributed by atoms with Crippen molar-refractivity contribution in [2.24, 2.45) is 5.92 Å². The van der Waals surface area contributed by atoms with Crippen LogP contribution in [0.5, 0.6) is 0 Å². The maximum Gasteiger partial charge on any atom is 0.244 e. The Balaban J connectivity index is 1.84. The fourth-order valence-corrected chi connectivity index (χ4v) is 2.79. The fraction of sp³-hybridized carbons (Fsp3) is 0.308. The van der Waals surface area contributed by atoms with Crippen molar-refractivity contribution < 1.29 is 9.90 Å². The van der Waals surface area contributed by atoms with Crippen LogP contribution in [-0.2, 0) is 4.79 Å². The van der Waals surface area contributed by atoms with E-state index in [4.69, 9.17) is 5.11 Å². The van der Waals surface area contributed by atoms with Gasteiger partial charge in [-0.3, -0.25) is 9.69 Å². The van der Waals surface area contributed by atoms with E-state index in [0.29, 0.717) is 18.9 Å². The van der Waals surface area contributed by atoms with Gasteiger partial charge in [0.05, 0.1) is 0 Å². The number of amides is 1. The van der Waals surface area contributed by atoms with E-state index < -0.39 is 0 Å². The molecule has 0 radical (unpaired) electrons. The number of hydrogen-bond acceptors (Lipinski definition) is 5. The zero-order valence-corrected chi connectivity index (χ0v) is 11.0. The monoisotopic (exact) mass is 275 g/mol. The third-order valence-corrected chi connectivity index (χ3v) is 3.90. The highest BCUT2D eigenvalue weighted by atomic mass is 32.1. The number of carbonyl (C=O) groups excluding carboxylic acids is 1. The molecule has 1 fully saturated rings. The van der Waals surface area contributed by atoms with E-state index in [1.807, 2.05) is 30.3 Å². The van der Waals surface area contributed by atoms with E-state index >= 15 is 0 Å². The van der Waals surface area contributed by atoms with Crippen molar-refractivity contribution in [2.75, 3.05) is 18.1 Å². The molecule has 5 nitrogen and oxygen atoms in total. The molecule has 98 valence electrons. The molecule has 1 amide bonds. The van der Waals surface area contributed by atoms with Crippen molar-refractivity contribution >= 4 is 23.4 Å². The molecule has 1 N–H and O–H groups in total. The molecular weight excluding hydrogens is 262 g/mol. The number of benzene rings is 1. The summed E-state index contributed by atoms with van der Waals surface area (Å²) in [5.41, 5.74) is 0.997. The average molecular weight is 275 g/mol. The van der Waals surface area contributed by atoms with Gasteiger partial charge in [0.25, 0.3) is 0 Å². The van der Waals surface area contributed by atoms with Crippen LogP contribution < -0.4 is 4.90 Å². The zero-order chi connectivity index (χ0) is 13.2. The lowest BCUT2D eigenvalue weighted by atomic mass is 10.1. The third kappa shape index (κ3) is 2.36. The maximum atomic E-state index is 11.8. The highest BCUT2D eigenvalue weighted by molar-refractivity contribution is 7.09. The Bertz CT molecular complexity index is 585. The van der Waals surface area contributed by atoms with Gasteiger partial charge in [0, 0.05) is 31.1 Å². The normalized spacial score (nSPS) is 19.1. The second kappa shape index (κ2) is 5.07. The highest BCUT2D eigenvalue weighted by Crippen LogP contribution is 2.27. The second-order valence-electron chi connectivity index (χ2n) is 4.52. The molecule has 6 heteroatoms. The third-order valence-electron chi connectivity index (χ3n) is 3.14. The van der Waals surface area contributed by atoms with Gasteiger partial charge in [-0.2, -0.15) is 9.36 Å². The predicted octanol–water partition coefficient (Wildman–Crippen LogP) is 1.55. The van der Waals surface area contributed by atoms with Crippen LogP contribution in [0.3, 0.4) is 0 Å². The smallest absolute Gasteiger partial charge is 0.244 e. The molecule has 0 bridgehead atoms. The quantitative estimate of drug-likeness (QED) is 0.923. The molecule has 3 rings (SSSR count). The Hall–Kier alpha value is -1.79. The predicted molar refractivity (Wildman–Crippen MR) is 72.9 cm³/mol. The molecule has 2 aromatic rings. The largest absolute Gasteiger partial charge is 0.396 e. The highest BCUT2D eigenvalue weighted by Gasteiger charge is 2.32.